The van der Waals surface area contributed by atoms with Crippen LogP contribution >= 0.6 is 0 Å². The maximum atomic E-state index is 11.3. The number of hydrogen-bond donors (Lipinski definition) is 3. The van der Waals surface area contributed by atoms with Crippen LogP contribution in [0.2, 0.25) is 0 Å². The molecule has 0 aliphatic carbocycles. The van der Waals surface area contributed by atoms with Gasteiger partial charge in [0.1, 0.15) is 0 Å². The summed E-state index contributed by atoms with van der Waals surface area (Å²) in [7, 11) is -1.88. The van der Waals surface area contributed by atoms with E-state index in [2.05, 4.69) is 50.9 Å². The Morgan fingerprint density at radius 3 is 2.50 bits per heavy atom. The average Bonchev–Trinajstić information content (AvgIpc) is 3.18. The van der Waals surface area contributed by atoms with Crippen LogP contribution in [-0.4, -0.2) is 52.0 Å². The third kappa shape index (κ3) is 6.55. The molecule has 162 valence electrons. The number of hydrogen-bond acceptors (Lipinski definition) is 4. The summed E-state index contributed by atoms with van der Waals surface area (Å²) in [4.78, 5) is 6.98. The highest BCUT2D eigenvalue weighted by Crippen LogP contribution is 2.19. The Hall–Kier alpha value is -2.42. The Kier molecular flexibility index (Phi) is 7.84. The molecule has 2 aromatic rings. The summed E-state index contributed by atoms with van der Waals surface area (Å²) >= 11 is 0. The summed E-state index contributed by atoms with van der Waals surface area (Å²) in [5.74, 6) is 0.780. The van der Waals surface area contributed by atoms with E-state index in [-0.39, 0.29) is 4.90 Å². The Bertz CT molecular complexity index is 930. The van der Waals surface area contributed by atoms with E-state index in [9.17, 15) is 8.42 Å². The first-order chi connectivity index (χ1) is 14.5. The molecule has 1 atom stereocenters. The van der Waals surface area contributed by atoms with Gasteiger partial charge in [0.15, 0.2) is 5.96 Å². The molecular formula is C22H31N5O2S. The van der Waals surface area contributed by atoms with Crippen molar-refractivity contribution >= 4 is 16.0 Å². The van der Waals surface area contributed by atoms with Gasteiger partial charge < -0.3 is 10.6 Å². The largest absolute Gasteiger partial charge is 0.356 e. The fourth-order valence-electron chi connectivity index (χ4n) is 3.76. The molecule has 1 heterocycles. The number of aliphatic imine (C=N–C) groups is 1. The van der Waals surface area contributed by atoms with Crippen LogP contribution in [0.5, 0.6) is 0 Å². The molecule has 1 fully saturated rings. The first kappa shape index (κ1) is 22.3. The lowest BCUT2D eigenvalue weighted by molar-refractivity contribution is 0.245. The minimum absolute atomic E-state index is 0.133. The summed E-state index contributed by atoms with van der Waals surface area (Å²) in [5.41, 5.74) is 2.38. The van der Waals surface area contributed by atoms with Crippen LogP contribution in [0.1, 0.15) is 24.0 Å². The van der Waals surface area contributed by atoms with Crippen LogP contribution in [0.4, 0.5) is 0 Å². The van der Waals surface area contributed by atoms with Crippen molar-refractivity contribution in [3.05, 3.63) is 65.7 Å². The lowest BCUT2D eigenvalue weighted by Gasteiger charge is -2.25. The highest BCUT2D eigenvalue weighted by atomic mass is 32.2. The van der Waals surface area contributed by atoms with Gasteiger partial charge in [-0.3, -0.25) is 9.89 Å². The quantitative estimate of drug-likeness (QED) is 0.438. The first-order valence-corrected chi connectivity index (χ1v) is 11.8. The molecule has 0 amide bonds. The fraction of sp³-hybridized carbons (Fsp3) is 0.409. The average molecular weight is 430 g/mol. The predicted molar refractivity (Wildman–Crippen MR) is 121 cm³/mol. The number of guanidine groups is 1. The molecule has 30 heavy (non-hydrogen) atoms. The number of rotatable bonds is 8. The number of primary sulfonamides is 1. The Morgan fingerprint density at radius 1 is 1.10 bits per heavy atom. The summed E-state index contributed by atoms with van der Waals surface area (Å²) in [5, 5.41) is 11.9. The molecule has 4 N–H and O–H groups in total. The molecule has 0 bridgehead atoms. The molecule has 1 aliphatic rings. The fourth-order valence-corrected chi connectivity index (χ4v) is 4.27. The van der Waals surface area contributed by atoms with Crippen molar-refractivity contribution in [2.45, 2.75) is 36.7 Å². The van der Waals surface area contributed by atoms with Gasteiger partial charge in [0.05, 0.1) is 4.90 Å². The maximum absolute atomic E-state index is 11.3. The van der Waals surface area contributed by atoms with Gasteiger partial charge in [-0.1, -0.05) is 42.5 Å². The molecule has 0 spiro atoms. The summed E-state index contributed by atoms with van der Waals surface area (Å²) in [6, 6.07) is 17.7. The smallest absolute Gasteiger partial charge is 0.238 e. The normalized spacial score (nSPS) is 17.8. The van der Waals surface area contributed by atoms with Gasteiger partial charge in [0.25, 0.3) is 0 Å². The Morgan fingerprint density at radius 2 is 1.83 bits per heavy atom. The molecule has 8 heteroatoms. The van der Waals surface area contributed by atoms with Crippen LogP contribution in [0.3, 0.4) is 0 Å². The summed E-state index contributed by atoms with van der Waals surface area (Å²) < 4.78 is 22.7. The van der Waals surface area contributed by atoms with E-state index in [0.717, 1.165) is 37.6 Å². The van der Waals surface area contributed by atoms with Gasteiger partial charge in [-0.25, -0.2) is 13.6 Å². The highest BCUT2D eigenvalue weighted by Gasteiger charge is 2.24. The van der Waals surface area contributed by atoms with Crippen LogP contribution in [-0.2, 0) is 23.0 Å². The van der Waals surface area contributed by atoms with Gasteiger partial charge in [-0.05, 0) is 49.1 Å². The topological polar surface area (TPSA) is 99.8 Å². The monoisotopic (exact) mass is 429 g/mol. The van der Waals surface area contributed by atoms with Gasteiger partial charge in [0, 0.05) is 32.7 Å². The number of nitrogens with two attached hydrogens (primary N) is 1. The number of likely N-dealkylation sites (tertiary alicyclic amines) is 1. The van der Waals surface area contributed by atoms with E-state index in [1.54, 1.807) is 31.3 Å². The van der Waals surface area contributed by atoms with Crippen LogP contribution in [0.25, 0.3) is 0 Å². The molecule has 0 saturated carbocycles. The third-order valence-electron chi connectivity index (χ3n) is 5.41. The number of benzene rings is 2. The van der Waals surface area contributed by atoms with Crippen molar-refractivity contribution in [2.24, 2.45) is 10.1 Å². The van der Waals surface area contributed by atoms with E-state index in [1.807, 2.05) is 0 Å². The van der Waals surface area contributed by atoms with Crippen LogP contribution in [0, 0.1) is 0 Å². The molecule has 2 aromatic carbocycles. The van der Waals surface area contributed by atoms with Gasteiger partial charge in [0.2, 0.25) is 10.0 Å². The number of nitrogens with zero attached hydrogens (tertiary/aromatic N) is 2. The second-order valence-electron chi connectivity index (χ2n) is 7.57. The molecule has 0 radical (unpaired) electrons. The minimum Gasteiger partial charge on any atom is -0.356 e. The van der Waals surface area contributed by atoms with Crippen LogP contribution in [0.15, 0.2) is 64.5 Å². The van der Waals surface area contributed by atoms with Crippen molar-refractivity contribution in [1.29, 1.82) is 0 Å². The lowest BCUT2D eigenvalue weighted by atomic mass is 10.1. The van der Waals surface area contributed by atoms with Gasteiger partial charge in [-0.15, -0.1) is 0 Å². The van der Waals surface area contributed by atoms with E-state index >= 15 is 0 Å². The molecule has 3 rings (SSSR count). The minimum atomic E-state index is -3.65. The van der Waals surface area contributed by atoms with Gasteiger partial charge in [-0.2, -0.15) is 0 Å². The standard InChI is InChI=1S/C22H31N5O2S/c1-24-22(25-14-13-18-9-11-21(12-10-18)30(23,28)29)26-16-20-8-5-15-27(20)17-19-6-3-2-4-7-19/h2-4,6-7,9-12,20H,5,8,13-17H2,1H3,(H2,23,28,29)(H2,24,25,26). The van der Waals surface area contributed by atoms with Crippen LogP contribution < -0.4 is 15.8 Å². The molecule has 1 unspecified atom stereocenters. The van der Waals surface area contributed by atoms with Crippen molar-refractivity contribution in [2.75, 3.05) is 26.7 Å². The molecule has 7 nitrogen and oxygen atoms in total. The van der Waals surface area contributed by atoms with E-state index in [0.29, 0.717) is 12.6 Å². The van der Waals surface area contributed by atoms with Crippen molar-refractivity contribution in [1.82, 2.24) is 15.5 Å². The van der Waals surface area contributed by atoms with Crippen molar-refractivity contribution in [3.63, 3.8) is 0 Å². The molecule has 0 aromatic heterocycles. The van der Waals surface area contributed by atoms with E-state index in [4.69, 9.17) is 5.14 Å². The van der Waals surface area contributed by atoms with E-state index in [1.165, 1.54) is 18.4 Å². The highest BCUT2D eigenvalue weighted by molar-refractivity contribution is 7.89. The van der Waals surface area contributed by atoms with E-state index < -0.39 is 10.0 Å². The second-order valence-corrected chi connectivity index (χ2v) is 9.13. The van der Waals surface area contributed by atoms with Gasteiger partial charge >= 0.3 is 0 Å². The number of nitrogens with one attached hydrogen (secondary N) is 2. The molecular weight excluding hydrogens is 398 g/mol. The summed E-state index contributed by atoms with van der Waals surface area (Å²) in [6.45, 7) is 3.66. The predicted octanol–water partition coefficient (Wildman–Crippen LogP) is 1.71. The summed E-state index contributed by atoms with van der Waals surface area (Å²) in [6.07, 6.45) is 3.17. The third-order valence-corrected chi connectivity index (χ3v) is 6.34. The number of sulfonamides is 1. The first-order valence-electron chi connectivity index (χ1n) is 10.3. The Labute approximate surface area is 179 Å². The molecule has 1 aliphatic heterocycles. The second kappa shape index (κ2) is 10.6. The van der Waals surface area contributed by atoms with Crippen molar-refractivity contribution in [3.8, 4) is 0 Å². The Balaban J connectivity index is 1.43. The molecule has 1 saturated heterocycles. The maximum Gasteiger partial charge on any atom is 0.238 e. The zero-order valence-corrected chi connectivity index (χ0v) is 18.2. The zero-order valence-electron chi connectivity index (χ0n) is 17.4. The zero-order chi connectivity index (χ0) is 21.4. The lowest BCUT2D eigenvalue weighted by Crippen LogP contribution is -2.45. The SMILES string of the molecule is CN=C(NCCc1ccc(S(N)(=O)=O)cc1)NCC1CCCN1Cc1ccccc1. The van der Waals surface area contributed by atoms with Crippen molar-refractivity contribution < 1.29 is 8.42 Å².